The van der Waals surface area contributed by atoms with Gasteiger partial charge in [0.1, 0.15) is 33.9 Å². The second-order valence-electron chi connectivity index (χ2n) is 5.96. The molecule has 4 rings (SSSR count). The van der Waals surface area contributed by atoms with E-state index < -0.39 is 17.3 Å². The lowest BCUT2D eigenvalue weighted by Gasteiger charge is -2.03. The first kappa shape index (κ1) is 18.5. The van der Waals surface area contributed by atoms with Crippen LogP contribution in [0.3, 0.4) is 0 Å². The summed E-state index contributed by atoms with van der Waals surface area (Å²) in [5.74, 6) is -1.48. The number of benzene rings is 2. The Morgan fingerprint density at radius 3 is 2.83 bits per heavy atom. The molecule has 29 heavy (non-hydrogen) atoms. The molecule has 0 bridgehead atoms. The highest BCUT2D eigenvalue weighted by molar-refractivity contribution is 7.11. The van der Waals surface area contributed by atoms with Crippen molar-refractivity contribution in [1.29, 1.82) is 5.26 Å². The van der Waals surface area contributed by atoms with E-state index >= 15 is 0 Å². The summed E-state index contributed by atoms with van der Waals surface area (Å²) in [6.45, 7) is 0. The van der Waals surface area contributed by atoms with Gasteiger partial charge in [-0.2, -0.15) is 5.26 Å². The number of hydrogen-bond donors (Lipinski definition) is 1. The Hall–Kier alpha value is -3.83. The molecule has 2 heterocycles. The van der Waals surface area contributed by atoms with Crippen LogP contribution in [0.2, 0.25) is 0 Å². The van der Waals surface area contributed by atoms with E-state index in [0.29, 0.717) is 16.3 Å². The Morgan fingerprint density at radius 2 is 2.03 bits per heavy atom. The number of nitrogens with one attached hydrogen (secondary N) is 1. The SMILES string of the molecule is N#CC(=CNc1ccc(F)cc1F)c1nc(-c2cc3ccccc3oc2=O)cs1. The molecule has 2 aromatic heterocycles. The molecule has 0 aliphatic rings. The fraction of sp³-hybridized carbons (Fsp3) is 0. The zero-order chi connectivity index (χ0) is 20.4. The fourth-order valence-corrected chi connectivity index (χ4v) is 3.45. The van der Waals surface area contributed by atoms with Crippen molar-refractivity contribution in [3.8, 4) is 17.3 Å². The number of hydrogen-bond acceptors (Lipinski definition) is 6. The van der Waals surface area contributed by atoms with Gasteiger partial charge in [-0.05, 0) is 24.3 Å². The second-order valence-corrected chi connectivity index (χ2v) is 6.82. The highest BCUT2D eigenvalue weighted by Gasteiger charge is 2.14. The standard InChI is InChI=1S/C21H11F2N3O2S/c22-14-5-6-17(16(23)8-14)25-10-13(9-24)20-26-18(11-29-20)15-7-12-3-1-2-4-19(12)28-21(15)27/h1-8,10-11,25H. The molecule has 0 saturated carbocycles. The van der Waals surface area contributed by atoms with E-state index in [0.717, 1.165) is 28.9 Å². The van der Waals surface area contributed by atoms with E-state index in [4.69, 9.17) is 4.42 Å². The summed E-state index contributed by atoms with van der Waals surface area (Å²) in [5, 5.41) is 14.8. The highest BCUT2D eigenvalue weighted by atomic mass is 32.1. The molecule has 0 aliphatic heterocycles. The van der Waals surface area contributed by atoms with Gasteiger partial charge in [0.2, 0.25) is 0 Å². The molecule has 0 atom stereocenters. The predicted molar refractivity (Wildman–Crippen MR) is 107 cm³/mol. The minimum atomic E-state index is -0.785. The number of aromatic nitrogens is 1. The third-order valence-electron chi connectivity index (χ3n) is 4.08. The summed E-state index contributed by atoms with van der Waals surface area (Å²) in [6.07, 6.45) is 1.28. The van der Waals surface area contributed by atoms with Gasteiger partial charge < -0.3 is 9.73 Å². The van der Waals surface area contributed by atoms with Gasteiger partial charge in [-0.15, -0.1) is 11.3 Å². The molecule has 0 aliphatic carbocycles. The molecular formula is C21H11F2N3O2S. The smallest absolute Gasteiger partial charge is 0.345 e. The minimum Gasteiger partial charge on any atom is -0.422 e. The zero-order valence-corrected chi connectivity index (χ0v) is 15.5. The number of fused-ring (bicyclic) bond motifs is 1. The Morgan fingerprint density at radius 1 is 1.21 bits per heavy atom. The maximum absolute atomic E-state index is 13.7. The molecule has 5 nitrogen and oxygen atoms in total. The average molecular weight is 407 g/mol. The molecule has 1 N–H and O–H groups in total. The van der Waals surface area contributed by atoms with Gasteiger partial charge in [0.25, 0.3) is 0 Å². The van der Waals surface area contributed by atoms with E-state index in [-0.39, 0.29) is 16.8 Å². The minimum absolute atomic E-state index is 0.0195. The molecule has 0 unspecified atom stereocenters. The third-order valence-corrected chi connectivity index (χ3v) is 4.95. The summed E-state index contributed by atoms with van der Waals surface area (Å²) in [7, 11) is 0. The number of allylic oxidation sites excluding steroid dienone is 1. The van der Waals surface area contributed by atoms with Crippen LogP contribution in [0.5, 0.6) is 0 Å². The lowest BCUT2D eigenvalue weighted by molar-refractivity contribution is 0.563. The molecule has 0 radical (unpaired) electrons. The van der Waals surface area contributed by atoms with Crippen molar-refractivity contribution in [2.45, 2.75) is 0 Å². The van der Waals surface area contributed by atoms with Crippen molar-refractivity contribution in [2.24, 2.45) is 0 Å². The van der Waals surface area contributed by atoms with Crippen molar-refractivity contribution >= 4 is 33.6 Å². The maximum atomic E-state index is 13.7. The maximum Gasteiger partial charge on any atom is 0.345 e. The highest BCUT2D eigenvalue weighted by Crippen LogP contribution is 2.26. The molecule has 2 aromatic carbocycles. The first-order valence-electron chi connectivity index (χ1n) is 8.36. The molecular weight excluding hydrogens is 396 g/mol. The summed E-state index contributed by atoms with van der Waals surface area (Å²) in [6, 6.07) is 13.8. The fourth-order valence-electron chi connectivity index (χ4n) is 2.66. The van der Waals surface area contributed by atoms with Crippen molar-refractivity contribution in [2.75, 3.05) is 5.32 Å². The number of halogens is 2. The van der Waals surface area contributed by atoms with Crippen LogP contribution in [-0.2, 0) is 0 Å². The van der Waals surface area contributed by atoms with Crippen LogP contribution in [0.1, 0.15) is 5.01 Å². The summed E-state index contributed by atoms with van der Waals surface area (Å²) >= 11 is 1.16. The number of rotatable bonds is 4. The lowest BCUT2D eigenvalue weighted by atomic mass is 10.1. The van der Waals surface area contributed by atoms with Crippen molar-refractivity contribution in [3.63, 3.8) is 0 Å². The monoisotopic (exact) mass is 407 g/mol. The van der Waals surface area contributed by atoms with E-state index in [1.165, 1.54) is 12.3 Å². The summed E-state index contributed by atoms with van der Waals surface area (Å²) in [5.41, 5.74) is 0.746. The lowest BCUT2D eigenvalue weighted by Crippen LogP contribution is -2.03. The van der Waals surface area contributed by atoms with Gasteiger partial charge in [0.05, 0.1) is 16.9 Å². The number of anilines is 1. The molecule has 142 valence electrons. The van der Waals surface area contributed by atoms with Crippen molar-refractivity contribution in [1.82, 2.24) is 4.98 Å². The Bertz CT molecular complexity index is 1350. The molecule has 0 fully saturated rings. The average Bonchev–Trinajstić information content (AvgIpc) is 3.19. The van der Waals surface area contributed by atoms with Gasteiger partial charge in [-0.1, -0.05) is 18.2 Å². The van der Waals surface area contributed by atoms with Crippen LogP contribution in [-0.4, -0.2) is 4.98 Å². The second kappa shape index (κ2) is 7.66. The van der Waals surface area contributed by atoms with Crippen molar-refractivity contribution < 1.29 is 13.2 Å². The topological polar surface area (TPSA) is 78.9 Å². The van der Waals surface area contributed by atoms with E-state index in [1.807, 2.05) is 18.2 Å². The molecule has 8 heteroatoms. The number of para-hydroxylation sites is 1. The number of nitrogens with zero attached hydrogens (tertiary/aromatic N) is 2. The number of nitriles is 1. The van der Waals surface area contributed by atoms with Crippen LogP contribution in [0.25, 0.3) is 27.8 Å². The largest absolute Gasteiger partial charge is 0.422 e. The molecule has 0 saturated heterocycles. The quantitative estimate of drug-likeness (QED) is 0.373. The molecule has 0 spiro atoms. The van der Waals surface area contributed by atoms with E-state index in [1.54, 1.807) is 23.6 Å². The van der Waals surface area contributed by atoms with Gasteiger partial charge in [-0.3, -0.25) is 0 Å². The van der Waals surface area contributed by atoms with Gasteiger partial charge in [0.15, 0.2) is 0 Å². The predicted octanol–water partition coefficient (Wildman–Crippen LogP) is 5.17. The Labute approximate surface area is 167 Å². The van der Waals surface area contributed by atoms with Crippen LogP contribution < -0.4 is 10.9 Å². The van der Waals surface area contributed by atoms with E-state index in [2.05, 4.69) is 10.3 Å². The van der Waals surface area contributed by atoms with Crippen LogP contribution in [0, 0.1) is 23.0 Å². The van der Waals surface area contributed by atoms with E-state index in [9.17, 15) is 18.8 Å². The zero-order valence-electron chi connectivity index (χ0n) is 14.6. The number of thiazole rings is 1. The molecule has 0 amide bonds. The van der Waals surface area contributed by atoms with Crippen LogP contribution in [0.15, 0.2) is 69.3 Å². The van der Waals surface area contributed by atoms with Gasteiger partial charge in [-0.25, -0.2) is 18.6 Å². The first-order valence-corrected chi connectivity index (χ1v) is 9.24. The first-order chi connectivity index (χ1) is 14.0. The van der Waals surface area contributed by atoms with Gasteiger partial charge in [0, 0.05) is 23.0 Å². The third kappa shape index (κ3) is 3.77. The summed E-state index contributed by atoms with van der Waals surface area (Å²) < 4.78 is 32.0. The van der Waals surface area contributed by atoms with Gasteiger partial charge >= 0.3 is 5.63 Å². The van der Waals surface area contributed by atoms with Crippen LogP contribution >= 0.6 is 11.3 Å². The normalized spacial score (nSPS) is 11.4. The van der Waals surface area contributed by atoms with Crippen LogP contribution in [0.4, 0.5) is 14.5 Å². The van der Waals surface area contributed by atoms with Crippen molar-refractivity contribution in [3.05, 3.63) is 87.2 Å². The summed E-state index contributed by atoms with van der Waals surface area (Å²) in [4.78, 5) is 16.6. The molecule has 4 aromatic rings. The Kier molecular flexibility index (Phi) is 4.89. The Balaban J connectivity index is 1.66.